The normalized spacial score (nSPS) is 27.0. The highest BCUT2D eigenvalue weighted by atomic mass is 16.5. The molecule has 0 aromatic carbocycles. The zero-order valence-electron chi connectivity index (χ0n) is 10.3. The largest absolute Gasteiger partial charge is 0.383 e. The second-order valence-corrected chi connectivity index (χ2v) is 4.00. The summed E-state index contributed by atoms with van der Waals surface area (Å²) in [6.07, 6.45) is 0.398. The predicted octanol–water partition coefficient (Wildman–Crippen LogP) is -0.439. The van der Waals surface area contributed by atoms with E-state index in [4.69, 9.17) is 15.3 Å². The topological polar surface area (TPSA) is 72.1 Å². The molecule has 0 radical (unpaired) electrons. The highest BCUT2D eigenvalue weighted by Crippen LogP contribution is 2.10. The minimum Gasteiger partial charge on any atom is -0.383 e. The number of hydrogen-bond acceptors (Lipinski definition) is 4. The third-order valence-corrected chi connectivity index (χ3v) is 2.41. The lowest BCUT2D eigenvalue weighted by atomic mass is 10.2. The summed E-state index contributed by atoms with van der Waals surface area (Å²) in [6, 6.07) is 0. The molecule has 1 rings (SSSR count). The van der Waals surface area contributed by atoms with Gasteiger partial charge in [0.05, 0.1) is 25.4 Å². The van der Waals surface area contributed by atoms with Crippen molar-refractivity contribution in [1.29, 1.82) is 0 Å². The average molecular weight is 230 g/mol. The molecule has 16 heavy (non-hydrogen) atoms. The fourth-order valence-corrected chi connectivity index (χ4v) is 1.83. The molecule has 1 aliphatic rings. The van der Waals surface area contributed by atoms with Crippen molar-refractivity contribution in [3.05, 3.63) is 0 Å². The van der Waals surface area contributed by atoms with Gasteiger partial charge in [0.2, 0.25) is 5.96 Å². The fourth-order valence-electron chi connectivity index (χ4n) is 1.83. The van der Waals surface area contributed by atoms with Crippen LogP contribution in [0.4, 0.5) is 0 Å². The molecule has 0 spiro atoms. The van der Waals surface area contributed by atoms with Crippen LogP contribution in [0.1, 0.15) is 13.8 Å². The molecule has 1 saturated heterocycles. The Morgan fingerprint density at radius 1 is 1.50 bits per heavy atom. The van der Waals surface area contributed by atoms with E-state index in [1.807, 2.05) is 13.8 Å². The third kappa shape index (κ3) is 3.96. The van der Waals surface area contributed by atoms with E-state index in [1.165, 1.54) is 0 Å². The van der Waals surface area contributed by atoms with Crippen LogP contribution in [0.25, 0.3) is 0 Å². The molecule has 0 aliphatic carbocycles. The van der Waals surface area contributed by atoms with Crippen LogP contribution in [-0.2, 0) is 9.47 Å². The van der Waals surface area contributed by atoms with Gasteiger partial charge in [-0.15, -0.1) is 0 Å². The molecule has 0 saturated carbocycles. The standard InChI is InChI=1S/C10H22N4O2/c1-8-6-14(7-9(2)16-8)10(13-11)12-4-5-15-3/h8-9H,4-7,11H2,1-3H3,(H,12,13)/t8-,9+. The number of hydrogen-bond donors (Lipinski definition) is 2. The molecule has 0 amide bonds. The number of nitrogens with two attached hydrogens (primary N) is 1. The minimum absolute atomic E-state index is 0.199. The van der Waals surface area contributed by atoms with Crippen LogP contribution in [-0.4, -0.2) is 56.4 Å². The fraction of sp³-hybridized carbons (Fsp3) is 0.900. The molecule has 94 valence electrons. The molecule has 3 N–H and O–H groups in total. The van der Waals surface area contributed by atoms with Gasteiger partial charge in [-0.3, -0.25) is 5.43 Å². The molecule has 2 atom stereocenters. The van der Waals surface area contributed by atoms with Crippen molar-refractivity contribution in [2.24, 2.45) is 10.8 Å². The first-order valence-corrected chi connectivity index (χ1v) is 5.57. The molecule has 0 aromatic heterocycles. The summed E-state index contributed by atoms with van der Waals surface area (Å²) in [5.74, 6) is 6.18. The molecule has 0 aromatic rings. The summed E-state index contributed by atoms with van der Waals surface area (Å²) in [6.45, 7) is 6.91. The monoisotopic (exact) mass is 230 g/mol. The highest BCUT2D eigenvalue weighted by Gasteiger charge is 2.24. The Labute approximate surface area is 96.8 Å². The lowest BCUT2D eigenvalue weighted by molar-refractivity contribution is -0.0490. The average Bonchev–Trinajstić information content (AvgIpc) is 2.23. The molecule has 1 fully saturated rings. The maximum absolute atomic E-state index is 5.65. The number of aliphatic imine (C=N–C) groups is 1. The smallest absolute Gasteiger partial charge is 0.208 e. The molecule has 1 heterocycles. The van der Waals surface area contributed by atoms with E-state index in [1.54, 1.807) is 7.11 Å². The second-order valence-electron chi connectivity index (χ2n) is 4.00. The number of nitrogens with zero attached hydrogens (tertiary/aromatic N) is 2. The maximum Gasteiger partial charge on any atom is 0.208 e. The lowest BCUT2D eigenvalue weighted by Gasteiger charge is -2.36. The van der Waals surface area contributed by atoms with Crippen LogP contribution in [0.15, 0.2) is 4.99 Å². The van der Waals surface area contributed by atoms with Crippen LogP contribution in [0, 0.1) is 0 Å². The molecule has 6 heteroatoms. The van der Waals surface area contributed by atoms with Gasteiger partial charge in [-0.25, -0.2) is 10.8 Å². The molecule has 6 nitrogen and oxygen atoms in total. The minimum atomic E-state index is 0.199. The van der Waals surface area contributed by atoms with Crippen LogP contribution in [0.3, 0.4) is 0 Å². The first kappa shape index (κ1) is 13.2. The van der Waals surface area contributed by atoms with Gasteiger partial charge in [-0.05, 0) is 13.8 Å². The number of nitrogens with one attached hydrogen (secondary N) is 1. The van der Waals surface area contributed by atoms with E-state index in [2.05, 4.69) is 15.3 Å². The van der Waals surface area contributed by atoms with E-state index >= 15 is 0 Å². The van der Waals surface area contributed by atoms with E-state index in [0.717, 1.165) is 13.1 Å². The second kappa shape index (κ2) is 6.67. The van der Waals surface area contributed by atoms with Crippen LogP contribution in [0.2, 0.25) is 0 Å². The van der Waals surface area contributed by atoms with Crippen molar-refractivity contribution in [1.82, 2.24) is 10.3 Å². The zero-order chi connectivity index (χ0) is 12.0. The Hall–Kier alpha value is -0.850. The summed E-state index contributed by atoms with van der Waals surface area (Å²) in [5.41, 5.74) is 2.64. The van der Waals surface area contributed by atoms with Gasteiger partial charge in [0.25, 0.3) is 0 Å². The van der Waals surface area contributed by atoms with Gasteiger partial charge in [0.1, 0.15) is 0 Å². The highest BCUT2D eigenvalue weighted by molar-refractivity contribution is 5.79. The van der Waals surface area contributed by atoms with Crippen LogP contribution in [0.5, 0.6) is 0 Å². The summed E-state index contributed by atoms with van der Waals surface area (Å²) in [4.78, 5) is 6.46. The third-order valence-electron chi connectivity index (χ3n) is 2.41. The number of guanidine groups is 1. The van der Waals surface area contributed by atoms with Crippen molar-refractivity contribution in [3.8, 4) is 0 Å². The Bertz CT molecular complexity index is 225. The van der Waals surface area contributed by atoms with Gasteiger partial charge in [-0.2, -0.15) is 0 Å². The van der Waals surface area contributed by atoms with E-state index < -0.39 is 0 Å². The Morgan fingerprint density at radius 3 is 2.62 bits per heavy atom. The number of rotatable bonds is 3. The SMILES string of the molecule is COCCN=C(NN)N1C[C@@H](C)O[C@@H](C)C1. The van der Waals surface area contributed by atoms with Crippen molar-refractivity contribution >= 4 is 5.96 Å². The first-order valence-electron chi connectivity index (χ1n) is 5.57. The number of morpholine rings is 1. The Morgan fingerprint density at radius 2 is 2.12 bits per heavy atom. The Kier molecular flexibility index (Phi) is 5.51. The summed E-state index contributed by atoms with van der Waals surface area (Å²) in [5, 5.41) is 0. The summed E-state index contributed by atoms with van der Waals surface area (Å²) < 4.78 is 10.6. The summed E-state index contributed by atoms with van der Waals surface area (Å²) in [7, 11) is 1.66. The van der Waals surface area contributed by atoms with Gasteiger partial charge >= 0.3 is 0 Å². The number of methoxy groups -OCH3 is 1. The van der Waals surface area contributed by atoms with E-state index in [0.29, 0.717) is 19.1 Å². The molecule has 0 bridgehead atoms. The van der Waals surface area contributed by atoms with E-state index in [-0.39, 0.29) is 12.2 Å². The molecular weight excluding hydrogens is 208 g/mol. The van der Waals surface area contributed by atoms with Gasteiger partial charge in [0, 0.05) is 20.2 Å². The van der Waals surface area contributed by atoms with E-state index in [9.17, 15) is 0 Å². The summed E-state index contributed by atoms with van der Waals surface area (Å²) >= 11 is 0. The van der Waals surface area contributed by atoms with Gasteiger partial charge < -0.3 is 14.4 Å². The quantitative estimate of drug-likeness (QED) is 0.226. The van der Waals surface area contributed by atoms with Gasteiger partial charge in [0.15, 0.2) is 0 Å². The van der Waals surface area contributed by atoms with Gasteiger partial charge in [-0.1, -0.05) is 0 Å². The number of ether oxygens (including phenoxy) is 2. The van der Waals surface area contributed by atoms with Crippen molar-refractivity contribution in [2.45, 2.75) is 26.1 Å². The van der Waals surface area contributed by atoms with Crippen LogP contribution < -0.4 is 11.3 Å². The maximum atomic E-state index is 5.65. The van der Waals surface area contributed by atoms with Crippen LogP contribution >= 0.6 is 0 Å². The Balaban J connectivity index is 2.54. The molecule has 0 unspecified atom stereocenters. The van der Waals surface area contributed by atoms with Crippen molar-refractivity contribution in [2.75, 3.05) is 33.4 Å². The molecule has 1 aliphatic heterocycles. The van der Waals surface area contributed by atoms with Crippen molar-refractivity contribution < 1.29 is 9.47 Å². The van der Waals surface area contributed by atoms with Crippen molar-refractivity contribution in [3.63, 3.8) is 0 Å². The number of hydrazine groups is 1. The first-order chi connectivity index (χ1) is 7.67. The predicted molar refractivity (Wildman–Crippen MR) is 63.1 cm³/mol. The molecular formula is C10H22N4O2. The lowest BCUT2D eigenvalue weighted by Crippen LogP contribution is -2.54. The zero-order valence-corrected chi connectivity index (χ0v) is 10.3.